The smallest absolute Gasteiger partial charge is 0.419 e. The van der Waals surface area contributed by atoms with Crippen LogP contribution in [0.15, 0.2) is 52.4 Å². The van der Waals surface area contributed by atoms with Crippen LogP contribution in [0, 0.1) is 12.8 Å². The average molecular weight is 578 g/mol. The number of rotatable bonds is 10. The number of nitrogens with two attached hydrogens (primary N) is 1. The number of hydrogen-bond donors (Lipinski definition) is 3. The number of ether oxygens (including phenoxy) is 1. The molecule has 3 aliphatic rings. The molecule has 5 rings (SSSR count). The molecule has 3 unspecified atom stereocenters. The molecule has 0 aromatic heterocycles. The largest absolute Gasteiger partial charge is 0.493 e. The summed E-state index contributed by atoms with van der Waals surface area (Å²) in [7, 11) is 0. The number of alkyl halides is 3. The van der Waals surface area contributed by atoms with Crippen molar-refractivity contribution < 1.29 is 22.7 Å². The van der Waals surface area contributed by atoms with E-state index in [9.17, 15) is 13.2 Å². The highest BCUT2D eigenvalue weighted by Crippen LogP contribution is 2.38. The molecule has 1 saturated carbocycles. The average Bonchev–Trinajstić information content (AvgIpc) is 3.63. The van der Waals surface area contributed by atoms with E-state index >= 15 is 0 Å². The predicted molar refractivity (Wildman–Crippen MR) is 151 cm³/mol. The zero-order valence-corrected chi connectivity index (χ0v) is 23.6. The summed E-state index contributed by atoms with van der Waals surface area (Å²) in [5, 5.41) is 0. The summed E-state index contributed by atoms with van der Waals surface area (Å²) < 4.78 is 50.8. The summed E-state index contributed by atoms with van der Waals surface area (Å²) in [4.78, 5) is 13.5. The standard InChI is InChI=1S/C29H38F3N5O2S/c1-19-9-12-22(13-10-19)40-36-28(33)37-16-5-8-24(37)27-34-26(35-39-27)21-11-14-25(23(18-21)29(30,31)32)38-17-15-20-6-3-2-4-7-20/h9-14,18,20,24,27-28,36H,2-8,15-17,33H2,1H3,(H,34,35). The third kappa shape index (κ3) is 7.30. The Morgan fingerprint density at radius 3 is 2.65 bits per heavy atom. The van der Waals surface area contributed by atoms with Crippen molar-refractivity contribution in [3.05, 3.63) is 59.2 Å². The number of aryl methyl sites for hydroxylation is 1. The van der Waals surface area contributed by atoms with Crippen molar-refractivity contribution >= 4 is 17.8 Å². The molecule has 1 saturated heterocycles. The molecule has 3 atom stereocenters. The fourth-order valence-electron chi connectivity index (χ4n) is 5.70. The van der Waals surface area contributed by atoms with Gasteiger partial charge in [0.05, 0.1) is 18.2 Å². The first-order valence-corrected chi connectivity index (χ1v) is 14.9. The van der Waals surface area contributed by atoms with Crippen molar-refractivity contribution in [2.45, 2.75) is 87.9 Å². The van der Waals surface area contributed by atoms with Crippen molar-refractivity contribution in [2.75, 3.05) is 13.2 Å². The lowest BCUT2D eigenvalue weighted by Gasteiger charge is -2.31. The summed E-state index contributed by atoms with van der Waals surface area (Å²) in [5.41, 5.74) is 9.91. The number of hydrogen-bond acceptors (Lipinski definition) is 8. The lowest BCUT2D eigenvalue weighted by molar-refractivity contribution is -0.139. The first-order chi connectivity index (χ1) is 19.3. The van der Waals surface area contributed by atoms with Crippen molar-refractivity contribution in [1.29, 1.82) is 0 Å². The van der Waals surface area contributed by atoms with Gasteiger partial charge in [0.25, 0.3) is 0 Å². The van der Waals surface area contributed by atoms with Crippen LogP contribution >= 0.6 is 11.9 Å². The van der Waals surface area contributed by atoms with E-state index in [1.165, 1.54) is 42.8 Å². The quantitative estimate of drug-likeness (QED) is 0.237. The Morgan fingerprint density at radius 2 is 1.90 bits per heavy atom. The summed E-state index contributed by atoms with van der Waals surface area (Å²) in [6.07, 6.45) is 2.83. The highest BCUT2D eigenvalue weighted by atomic mass is 32.2. The van der Waals surface area contributed by atoms with Gasteiger partial charge in [-0.25, -0.2) is 20.0 Å². The number of aliphatic imine (C=N–C) groups is 1. The van der Waals surface area contributed by atoms with Crippen LogP contribution in [-0.4, -0.2) is 42.4 Å². The summed E-state index contributed by atoms with van der Waals surface area (Å²) in [6, 6.07) is 12.1. The van der Waals surface area contributed by atoms with Crippen LogP contribution in [-0.2, 0) is 11.0 Å². The summed E-state index contributed by atoms with van der Waals surface area (Å²) in [6.45, 7) is 3.09. The van der Waals surface area contributed by atoms with E-state index in [2.05, 4.69) is 20.1 Å². The Labute approximate surface area is 238 Å². The number of halogens is 3. The topological polar surface area (TPSA) is 84.1 Å². The van der Waals surface area contributed by atoms with Crippen molar-refractivity contribution in [3.63, 3.8) is 0 Å². The van der Waals surface area contributed by atoms with E-state index in [1.807, 2.05) is 31.2 Å². The molecule has 2 aromatic carbocycles. The molecular formula is C29H38F3N5O2S. The first-order valence-electron chi connectivity index (χ1n) is 14.1. The van der Waals surface area contributed by atoms with Gasteiger partial charge in [0.1, 0.15) is 12.0 Å². The van der Waals surface area contributed by atoms with E-state index in [0.29, 0.717) is 11.5 Å². The van der Waals surface area contributed by atoms with Gasteiger partial charge in [-0.2, -0.15) is 13.2 Å². The van der Waals surface area contributed by atoms with Crippen LogP contribution < -0.4 is 20.7 Å². The van der Waals surface area contributed by atoms with Crippen LogP contribution in [0.4, 0.5) is 13.2 Å². The number of benzene rings is 2. The molecule has 2 fully saturated rings. The van der Waals surface area contributed by atoms with Crippen molar-refractivity contribution in [1.82, 2.24) is 15.1 Å². The van der Waals surface area contributed by atoms with Gasteiger partial charge in [-0.1, -0.05) is 49.8 Å². The maximum atomic E-state index is 14.0. The Bertz CT molecular complexity index is 1160. The van der Waals surface area contributed by atoms with Crippen molar-refractivity contribution in [2.24, 2.45) is 16.6 Å². The molecule has 2 aromatic rings. The van der Waals surface area contributed by atoms with E-state index < -0.39 is 24.3 Å². The number of likely N-dealkylation sites (tertiary alicyclic amines) is 1. The lowest BCUT2D eigenvalue weighted by atomic mass is 9.87. The van der Waals surface area contributed by atoms with Crippen molar-refractivity contribution in [3.8, 4) is 5.75 Å². The van der Waals surface area contributed by atoms with E-state index in [0.717, 1.165) is 49.6 Å². The zero-order valence-electron chi connectivity index (χ0n) is 22.8. The van der Waals surface area contributed by atoms with Crippen LogP contribution in [0.5, 0.6) is 5.75 Å². The fraction of sp³-hybridized carbons (Fsp3) is 0.552. The van der Waals surface area contributed by atoms with Gasteiger partial charge in [-0.3, -0.25) is 4.90 Å². The number of nitrogens with one attached hydrogen (secondary N) is 2. The Balaban J connectivity index is 1.22. The highest BCUT2D eigenvalue weighted by Gasteiger charge is 2.39. The number of nitrogens with zero attached hydrogens (tertiary/aromatic N) is 2. The maximum absolute atomic E-state index is 14.0. The van der Waals surface area contributed by atoms with E-state index in [-0.39, 0.29) is 24.2 Å². The molecule has 2 heterocycles. The monoisotopic (exact) mass is 577 g/mol. The maximum Gasteiger partial charge on any atom is 0.419 e. The third-order valence-corrected chi connectivity index (χ3v) is 8.81. The Kier molecular flexibility index (Phi) is 9.57. The van der Waals surface area contributed by atoms with Crippen LogP contribution in [0.3, 0.4) is 0 Å². The molecule has 11 heteroatoms. The van der Waals surface area contributed by atoms with Gasteiger partial charge < -0.3 is 10.5 Å². The summed E-state index contributed by atoms with van der Waals surface area (Å²) >= 11 is 1.46. The normalized spacial score (nSPS) is 23.2. The van der Waals surface area contributed by atoms with Gasteiger partial charge >= 0.3 is 6.18 Å². The molecule has 4 N–H and O–H groups in total. The van der Waals surface area contributed by atoms with E-state index in [1.54, 1.807) is 6.07 Å². The number of amidine groups is 1. The van der Waals surface area contributed by atoms with Crippen LogP contribution in [0.2, 0.25) is 0 Å². The van der Waals surface area contributed by atoms with Gasteiger partial charge in [0.2, 0.25) is 0 Å². The third-order valence-electron chi connectivity index (χ3n) is 7.95. The molecule has 0 spiro atoms. The van der Waals surface area contributed by atoms with Gasteiger partial charge in [-0.05, 0) is 74.4 Å². The second-order valence-electron chi connectivity index (χ2n) is 10.9. The van der Waals surface area contributed by atoms with Gasteiger partial charge in [-0.15, -0.1) is 0 Å². The van der Waals surface area contributed by atoms with E-state index in [4.69, 9.17) is 15.3 Å². The fourth-order valence-corrected chi connectivity index (χ4v) is 6.36. The Morgan fingerprint density at radius 1 is 1.12 bits per heavy atom. The molecule has 7 nitrogen and oxygen atoms in total. The van der Waals surface area contributed by atoms with Gasteiger partial charge in [0, 0.05) is 17.0 Å². The second-order valence-corrected chi connectivity index (χ2v) is 11.8. The zero-order chi connectivity index (χ0) is 28.1. The lowest BCUT2D eigenvalue weighted by Crippen LogP contribution is -2.54. The highest BCUT2D eigenvalue weighted by molar-refractivity contribution is 7.97. The minimum absolute atomic E-state index is 0.115. The molecule has 0 bridgehead atoms. The van der Waals surface area contributed by atoms with Crippen LogP contribution in [0.25, 0.3) is 0 Å². The second kappa shape index (κ2) is 13.1. The molecular weight excluding hydrogens is 539 g/mol. The Hall–Kier alpha value is -2.31. The van der Waals surface area contributed by atoms with Gasteiger partial charge in [0.15, 0.2) is 12.1 Å². The summed E-state index contributed by atoms with van der Waals surface area (Å²) in [5.74, 6) is 0.660. The molecule has 1 aliphatic carbocycles. The molecule has 0 amide bonds. The molecule has 40 heavy (non-hydrogen) atoms. The number of hydroxylamine groups is 1. The first kappa shape index (κ1) is 29.2. The minimum Gasteiger partial charge on any atom is -0.493 e. The van der Waals surface area contributed by atoms with Crippen LogP contribution in [0.1, 0.15) is 68.1 Å². The SMILES string of the molecule is Cc1ccc(SNC(N)N2CCCC2C2N=C(c3ccc(OCCC4CCCCC4)c(C(F)(F)F)c3)NO2)cc1. The molecule has 0 radical (unpaired) electrons. The molecule has 218 valence electrons. The molecule has 2 aliphatic heterocycles. The predicted octanol–water partition coefficient (Wildman–Crippen LogP) is 5.97. The minimum atomic E-state index is -4.55.